The van der Waals surface area contributed by atoms with E-state index in [4.69, 9.17) is 0 Å². The van der Waals surface area contributed by atoms with Gasteiger partial charge in [0.05, 0.1) is 6.04 Å². The van der Waals surface area contributed by atoms with Gasteiger partial charge in [-0.3, -0.25) is 9.48 Å². The van der Waals surface area contributed by atoms with E-state index in [1.54, 1.807) is 23.0 Å². The molecule has 3 aromatic rings. The van der Waals surface area contributed by atoms with E-state index in [1.807, 2.05) is 43.5 Å². The predicted molar refractivity (Wildman–Crippen MR) is 92.0 cm³/mol. The second-order valence-corrected chi connectivity index (χ2v) is 5.68. The third kappa shape index (κ3) is 3.87. The van der Waals surface area contributed by atoms with Crippen LogP contribution in [0.15, 0.2) is 67.0 Å². The first-order chi connectivity index (χ1) is 11.6. The third-order valence-electron chi connectivity index (χ3n) is 3.78. The molecule has 0 aliphatic heterocycles. The molecule has 0 saturated heterocycles. The normalized spacial score (nSPS) is 11.9. The fraction of sp³-hybridized carbons (Fsp3) is 0.158. The Labute approximate surface area is 139 Å². The van der Waals surface area contributed by atoms with E-state index in [0.717, 1.165) is 16.8 Å². The minimum atomic E-state index is -0.268. The maximum absolute atomic E-state index is 13.0. The van der Waals surface area contributed by atoms with Gasteiger partial charge in [0.1, 0.15) is 5.82 Å². The topological polar surface area (TPSA) is 46.9 Å². The zero-order valence-electron chi connectivity index (χ0n) is 13.3. The molecule has 1 heterocycles. The smallest absolute Gasteiger partial charge is 0.226 e. The summed E-state index contributed by atoms with van der Waals surface area (Å²) in [6.45, 7) is 1.95. The van der Waals surface area contributed by atoms with Crippen LogP contribution in [0.25, 0.3) is 11.1 Å². The predicted octanol–water partition coefficient (Wildman–Crippen LogP) is 4.28. The first-order valence-electron chi connectivity index (χ1n) is 7.77. The largest absolute Gasteiger partial charge is 0.326 e. The molecule has 24 heavy (non-hydrogen) atoms. The number of nitrogens with one attached hydrogen (secondary N) is 1. The van der Waals surface area contributed by atoms with Crippen LogP contribution in [0.5, 0.6) is 0 Å². The number of nitrogens with zero attached hydrogens (tertiary/aromatic N) is 2. The summed E-state index contributed by atoms with van der Waals surface area (Å²) >= 11 is 0. The quantitative estimate of drug-likeness (QED) is 0.762. The SMILES string of the molecule is C[C@H](CC(=O)Nc1cccc(-c2ccc(F)cc2)c1)n1cccn1. The number of benzene rings is 2. The zero-order valence-corrected chi connectivity index (χ0v) is 13.3. The number of hydrogen-bond acceptors (Lipinski definition) is 2. The lowest BCUT2D eigenvalue weighted by molar-refractivity contribution is -0.116. The molecular weight excluding hydrogens is 305 g/mol. The summed E-state index contributed by atoms with van der Waals surface area (Å²) in [7, 11) is 0. The molecule has 0 fully saturated rings. The Morgan fingerprint density at radius 3 is 2.67 bits per heavy atom. The minimum Gasteiger partial charge on any atom is -0.326 e. The number of amides is 1. The monoisotopic (exact) mass is 323 g/mol. The molecule has 0 unspecified atom stereocenters. The molecule has 4 nitrogen and oxygen atoms in total. The molecule has 1 N–H and O–H groups in total. The molecular formula is C19H18FN3O. The van der Waals surface area contributed by atoms with Crippen LogP contribution in [0.2, 0.25) is 0 Å². The highest BCUT2D eigenvalue weighted by atomic mass is 19.1. The van der Waals surface area contributed by atoms with Crippen molar-refractivity contribution in [2.24, 2.45) is 0 Å². The van der Waals surface area contributed by atoms with Gasteiger partial charge in [0, 0.05) is 24.5 Å². The van der Waals surface area contributed by atoms with Crippen molar-refractivity contribution in [2.75, 3.05) is 5.32 Å². The summed E-state index contributed by atoms with van der Waals surface area (Å²) in [5.74, 6) is -0.343. The van der Waals surface area contributed by atoms with Crippen molar-refractivity contribution in [3.05, 3.63) is 72.8 Å². The van der Waals surface area contributed by atoms with Gasteiger partial charge in [0.15, 0.2) is 0 Å². The number of aromatic nitrogens is 2. The molecule has 0 spiro atoms. The van der Waals surface area contributed by atoms with Gasteiger partial charge in [-0.1, -0.05) is 24.3 Å². The van der Waals surface area contributed by atoms with Gasteiger partial charge in [-0.15, -0.1) is 0 Å². The number of halogens is 1. The Morgan fingerprint density at radius 2 is 1.96 bits per heavy atom. The Kier molecular flexibility index (Phi) is 4.70. The van der Waals surface area contributed by atoms with E-state index in [-0.39, 0.29) is 17.8 Å². The standard InChI is InChI=1S/C19H18FN3O/c1-14(23-11-3-10-21-23)12-19(24)22-18-5-2-4-16(13-18)15-6-8-17(20)9-7-15/h2-11,13-14H,12H2,1H3,(H,22,24)/t14-/m1/s1. The fourth-order valence-electron chi connectivity index (χ4n) is 2.53. The Hall–Kier alpha value is -2.95. The Morgan fingerprint density at radius 1 is 1.17 bits per heavy atom. The number of hydrogen-bond donors (Lipinski definition) is 1. The number of carbonyl (C=O) groups is 1. The molecule has 0 aliphatic carbocycles. The molecule has 122 valence electrons. The summed E-state index contributed by atoms with van der Waals surface area (Å²) in [4.78, 5) is 12.2. The van der Waals surface area contributed by atoms with Gasteiger partial charge >= 0.3 is 0 Å². The Bertz CT molecular complexity index is 813. The van der Waals surface area contributed by atoms with Gasteiger partial charge in [-0.05, 0) is 48.4 Å². The maximum atomic E-state index is 13.0. The van der Waals surface area contributed by atoms with Crippen molar-refractivity contribution >= 4 is 11.6 Å². The van der Waals surface area contributed by atoms with E-state index >= 15 is 0 Å². The lowest BCUT2D eigenvalue weighted by atomic mass is 10.1. The van der Waals surface area contributed by atoms with Crippen molar-refractivity contribution in [1.29, 1.82) is 0 Å². The van der Waals surface area contributed by atoms with Crippen LogP contribution in [0.3, 0.4) is 0 Å². The Balaban J connectivity index is 1.68. The van der Waals surface area contributed by atoms with Gasteiger partial charge in [0.25, 0.3) is 0 Å². The van der Waals surface area contributed by atoms with Crippen molar-refractivity contribution in [1.82, 2.24) is 9.78 Å². The lowest BCUT2D eigenvalue weighted by Gasteiger charge is -2.13. The highest BCUT2D eigenvalue weighted by Crippen LogP contribution is 2.23. The van der Waals surface area contributed by atoms with Gasteiger partial charge in [0.2, 0.25) is 5.91 Å². The van der Waals surface area contributed by atoms with Crippen LogP contribution in [0, 0.1) is 5.82 Å². The summed E-state index contributed by atoms with van der Waals surface area (Å²) in [5.41, 5.74) is 2.54. The number of rotatable bonds is 5. The summed E-state index contributed by atoms with van der Waals surface area (Å²) in [6, 6.07) is 15.6. The van der Waals surface area contributed by atoms with Gasteiger partial charge in [-0.25, -0.2) is 4.39 Å². The van der Waals surface area contributed by atoms with Crippen LogP contribution >= 0.6 is 0 Å². The highest BCUT2D eigenvalue weighted by molar-refractivity contribution is 5.91. The second-order valence-electron chi connectivity index (χ2n) is 5.68. The van der Waals surface area contributed by atoms with Crippen LogP contribution < -0.4 is 5.32 Å². The minimum absolute atomic E-state index is 0.0136. The molecule has 0 saturated carbocycles. The van der Waals surface area contributed by atoms with E-state index in [1.165, 1.54) is 12.1 Å². The van der Waals surface area contributed by atoms with E-state index < -0.39 is 0 Å². The maximum Gasteiger partial charge on any atom is 0.226 e. The summed E-state index contributed by atoms with van der Waals surface area (Å²) in [6.07, 6.45) is 3.87. The average molecular weight is 323 g/mol. The van der Waals surface area contributed by atoms with Crippen LogP contribution in [-0.4, -0.2) is 15.7 Å². The molecule has 5 heteroatoms. The third-order valence-corrected chi connectivity index (χ3v) is 3.78. The van der Waals surface area contributed by atoms with Crippen molar-refractivity contribution in [3.63, 3.8) is 0 Å². The van der Waals surface area contributed by atoms with E-state index in [2.05, 4.69) is 10.4 Å². The van der Waals surface area contributed by atoms with Gasteiger partial charge in [-0.2, -0.15) is 5.10 Å². The average Bonchev–Trinajstić information content (AvgIpc) is 3.10. The van der Waals surface area contributed by atoms with Crippen molar-refractivity contribution < 1.29 is 9.18 Å². The zero-order chi connectivity index (χ0) is 16.9. The molecule has 0 radical (unpaired) electrons. The molecule has 1 amide bonds. The molecule has 1 atom stereocenters. The first-order valence-corrected chi connectivity index (χ1v) is 7.77. The molecule has 2 aromatic carbocycles. The van der Waals surface area contributed by atoms with Crippen LogP contribution in [-0.2, 0) is 4.79 Å². The van der Waals surface area contributed by atoms with Crippen molar-refractivity contribution in [3.8, 4) is 11.1 Å². The van der Waals surface area contributed by atoms with Crippen LogP contribution in [0.1, 0.15) is 19.4 Å². The molecule has 1 aromatic heterocycles. The summed E-state index contributed by atoms with van der Waals surface area (Å²) in [5, 5.41) is 7.05. The van der Waals surface area contributed by atoms with Gasteiger partial charge < -0.3 is 5.32 Å². The molecule has 0 bridgehead atoms. The molecule has 0 aliphatic rings. The van der Waals surface area contributed by atoms with E-state index in [0.29, 0.717) is 6.42 Å². The number of carbonyl (C=O) groups excluding carboxylic acids is 1. The highest BCUT2D eigenvalue weighted by Gasteiger charge is 2.11. The first kappa shape index (κ1) is 15.9. The lowest BCUT2D eigenvalue weighted by Crippen LogP contribution is -2.17. The second kappa shape index (κ2) is 7.08. The number of anilines is 1. The van der Waals surface area contributed by atoms with E-state index in [9.17, 15) is 9.18 Å². The fourth-order valence-corrected chi connectivity index (χ4v) is 2.53. The summed E-state index contributed by atoms with van der Waals surface area (Å²) < 4.78 is 14.8. The van der Waals surface area contributed by atoms with Crippen molar-refractivity contribution in [2.45, 2.75) is 19.4 Å². The molecule has 3 rings (SSSR count). The van der Waals surface area contributed by atoms with Crippen LogP contribution in [0.4, 0.5) is 10.1 Å².